The second-order valence-corrected chi connectivity index (χ2v) is 11.4. The van der Waals surface area contributed by atoms with E-state index in [-0.39, 0.29) is 0 Å². The summed E-state index contributed by atoms with van der Waals surface area (Å²) in [5.41, 5.74) is 9.68. The highest BCUT2D eigenvalue weighted by Gasteiger charge is 2.23. The first-order valence-corrected chi connectivity index (χ1v) is 13.8. The van der Waals surface area contributed by atoms with E-state index in [0.717, 1.165) is 77.7 Å². The number of hydrogen-bond acceptors (Lipinski definition) is 5. The molecule has 1 aliphatic rings. The molecule has 0 saturated carbocycles. The second kappa shape index (κ2) is 8.36. The number of nitrogens with one attached hydrogen (secondary N) is 2. The Kier molecular flexibility index (Phi) is 4.83. The Morgan fingerprint density at radius 2 is 1.38 bits per heavy atom. The number of rotatable bonds is 3. The van der Waals surface area contributed by atoms with Gasteiger partial charge in [0.25, 0.3) is 0 Å². The van der Waals surface area contributed by atoms with Crippen LogP contribution in [0.15, 0.2) is 60.9 Å². The highest BCUT2D eigenvalue weighted by atomic mass is 16.5. The molecule has 0 amide bonds. The molecule has 0 radical (unpaired) electrons. The van der Waals surface area contributed by atoms with Crippen LogP contribution in [0.4, 0.5) is 0 Å². The van der Waals surface area contributed by atoms with Crippen LogP contribution in [0.5, 0.6) is 5.75 Å². The average molecular weight is 525 g/mol. The zero-order valence-corrected chi connectivity index (χ0v) is 22.8. The summed E-state index contributed by atoms with van der Waals surface area (Å²) in [7, 11) is 0. The zero-order chi connectivity index (χ0) is 27.1. The van der Waals surface area contributed by atoms with Crippen molar-refractivity contribution in [3.63, 3.8) is 0 Å². The smallest absolute Gasteiger partial charge is 0.155 e. The summed E-state index contributed by atoms with van der Waals surface area (Å²) in [5.74, 6) is 3.46. The van der Waals surface area contributed by atoms with Crippen LogP contribution in [0.1, 0.15) is 56.7 Å². The van der Waals surface area contributed by atoms with Crippen LogP contribution in [0.3, 0.4) is 0 Å². The van der Waals surface area contributed by atoms with Crippen LogP contribution in [-0.2, 0) is 6.61 Å². The lowest BCUT2D eigenvalue weighted by atomic mass is 9.91. The van der Waals surface area contributed by atoms with Crippen LogP contribution >= 0.6 is 0 Å². The number of aromatic nitrogens is 6. The van der Waals surface area contributed by atoms with E-state index in [4.69, 9.17) is 14.7 Å². The first kappa shape index (κ1) is 23.1. The van der Waals surface area contributed by atoms with Gasteiger partial charge in [0.15, 0.2) is 5.75 Å². The van der Waals surface area contributed by atoms with E-state index in [1.165, 1.54) is 11.1 Å². The van der Waals surface area contributed by atoms with Crippen LogP contribution in [0.25, 0.3) is 65.9 Å². The molecule has 0 spiro atoms. The van der Waals surface area contributed by atoms with E-state index in [1.54, 1.807) is 0 Å². The molecule has 3 aromatic heterocycles. The highest BCUT2D eigenvalue weighted by Crippen LogP contribution is 2.43. The third-order valence-corrected chi connectivity index (χ3v) is 8.11. The fourth-order valence-corrected chi connectivity index (χ4v) is 5.95. The van der Waals surface area contributed by atoms with Gasteiger partial charge in [0, 0.05) is 33.6 Å². The third-order valence-electron chi connectivity index (χ3n) is 8.11. The summed E-state index contributed by atoms with van der Waals surface area (Å²) in [6.07, 6.45) is 3.67. The van der Waals surface area contributed by atoms with Crippen molar-refractivity contribution in [1.29, 1.82) is 0 Å². The van der Waals surface area contributed by atoms with Crippen LogP contribution in [-0.4, -0.2) is 30.1 Å². The maximum absolute atomic E-state index is 6.34. The van der Waals surface area contributed by atoms with E-state index in [9.17, 15) is 0 Å². The minimum Gasteiger partial charge on any atom is -0.486 e. The quantitative estimate of drug-likeness (QED) is 0.228. The molecule has 40 heavy (non-hydrogen) atoms. The van der Waals surface area contributed by atoms with Crippen molar-refractivity contribution in [2.45, 2.75) is 46.1 Å². The Bertz CT molecular complexity index is 2140. The fourth-order valence-electron chi connectivity index (χ4n) is 5.95. The number of hydrogen-bond donors (Lipinski definition) is 2. The molecule has 0 atom stereocenters. The largest absolute Gasteiger partial charge is 0.486 e. The molecule has 7 aromatic rings. The molecule has 4 heterocycles. The molecule has 2 N–H and O–H groups in total. The molecule has 0 bridgehead atoms. The van der Waals surface area contributed by atoms with Gasteiger partial charge in [-0.3, -0.25) is 0 Å². The molecule has 7 nitrogen and oxygen atoms in total. The van der Waals surface area contributed by atoms with Crippen molar-refractivity contribution in [3.8, 4) is 28.0 Å². The first-order chi connectivity index (χ1) is 19.5. The minimum absolute atomic E-state index is 0.302. The lowest BCUT2D eigenvalue weighted by Gasteiger charge is -2.22. The Balaban J connectivity index is 1.27. The molecule has 8 rings (SSSR count). The van der Waals surface area contributed by atoms with E-state index in [1.807, 2.05) is 12.4 Å². The van der Waals surface area contributed by atoms with E-state index in [2.05, 4.69) is 96.4 Å². The number of ether oxygens (including phenoxy) is 1. The normalized spacial score (nSPS) is 13.1. The molecule has 1 aliphatic heterocycles. The average Bonchev–Trinajstić information content (AvgIpc) is 3.63. The molecule has 7 heteroatoms. The summed E-state index contributed by atoms with van der Waals surface area (Å²) in [5, 5.41) is 12.7. The van der Waals surface area contributed by atoms with E-state index < -0.39 is 0 Å². The lowest BCUT2D eigenvalue weighted by molar-refractivity contribution is 0.305. The molecule has 196 valence electrons. The lowest BCUT2D eigenvalue weighted by Crippen LogP contribution is -2.06. The molecule has 0 aliphatic carbocycles. The summed E-state index contributed by atoms with van der Waals surface area (Å²) < 4.78 is 6.34. The second-order valence-electron chi connectivity index (χ2n) is 11.4. The van der Waals surface area contributed by atoms with Gasteiger partial charge in [0.1, 0.15) is 23.8 Å². The van der Waals surface area contributed by atoms with E-state index >= 15 is 0 Å². The first-order valence-electron chi connectivity index (χ1n) is 13.8. The monoisotopic (exact) mass is 524 g/mol. The number of imidazole rings is 2. The van der Waals surface area contributed by atoms with Crippen LogP contribution < -0.4 is 4.74 Å². The van der Waals surface area contributed by atoms with Crippen LogP contribution in [0.2, 0.25) is 0 Å². The number of aromatic amines is 2. The summed E-state index contributed by atoms with van der Waals surface area (Å²) in [6.45, 7) is 9.10. The summed E-state index contributed by atoms with van der Waals surface area (Å²) >= 11 is 0. The minimum atomic E-state index is 0.302. The highest BCUT2D eigenvalue weighted by molar-refractivity contribution is 6.23. The maximum atomic E-state index is 6.34. The van der Waals surface area contributed by atoms with Gasteiger partial charge in [0.05, 0.1) is 28.9 Å². The SMILES string of the molecule is CC(C)c1nc2c3c(ccc2[nH]1)-c1ccc(-c2ccc4c(c2)c2cnncc2c2nc(C(C)C)[nH]c42)cc1CO3. The van der Waals surface area contributed by atoms with Gasteiger partial charge < -0.3 is 14.7 Å². The van der Waals surface area contributed by atoms with Gasteiger partial charge in [-0.1, -0.05) is 52.0 Å². The molecule has 0 unspecified atom stereocenters. The number of nitrogens with zero attached hydrogens (tertiary/aromatic N) is 4. The van der Waals surface area contributed by atoms with Gasteiger partial charge in [-0.15, -0.1) is 0 Å². The van der Waals surface area contributed by atoms with Gasteiger partial charge in [-0.2, -0.15) is 10.2 Å². The van der Waals surface area contributed by atoms with Crippen molar-refractivity contribution < 1.29 is 4.74 Å². The summed E-state index contributed by atoms with van der Waals surface area (Å²) in [4.78, 5) is 16.8. The van der Waals surface area contributed by atoms with Gasteiger partial charge in [-0.25, -0.2) is 9.97 Å². The van der Waals surface area contributed by atoms with Gasteiger partial charge in [-0.05, 0) is 51.9 Å². The maximum Gasteiger partial charge on any atom is 0.155 e. The Morgan fingerprint density at radius 3 is 2.20 bits per heavy atom. The predicted octanol–water partition coefficient (Wildman–Crippen LogP) is 8.01. The number of fused-ring (bicyclic) bond motifs is 11. The van der Waals surface area contributed by atoms with Crippen molar-refractivity contribution >= 4 is 43.6 Å². The summed E-state index contributed by atoms with van der Waals surface area (Å²) in [6, 6.07) is 17.6. The van der Waals surface area contributed by atoms with Crippen LogP contribution in [0, 0.1) is 0 Å². The van der Waals surface area contributed by atoms with Crippen molar-refractivity contribution in [3.05, 3.63) is 78.1 Å². The predicted molar refractivity (Wildman–Crippen MR) is 160 cm³/mol. The molecular weight excluding hydrogens is 496 g/mol. The Hall–Kier alpha value is -4.78. The number of benzene rings is 4. The Labute approximate surface area is 230 Å². The zero-order valence-electron chi connectivity index (χ0n) is 22.8. The van der Waals surface area contributed by atoms with E-state index in [0.29, 0.717) is 18.4 Å². The molecule has 0 saturated heterocycles. The molecular formula is C33H28N6O. The van der Waals surface area contributed by atoms with Crippen molar-refractivity contribution in [2.24, 2.45) is 0 Å². The van der Waals surface area contributed by atoms with Crippen molar-refractivity contribution in [2.75, 3.05) is 0 Å². The van der Waals surface area contributed by atoms with Gasteiger partial charge >= 0.3 is 0 Å². The fraction of sp³-hybridized carbons (Fsp3) is 0.212. The van der Waals surface area contributed by atoms with Crippen molar-refractivity contribution in [1.82, 2.24) is 30.1 Å². The number of H-pyrrole nitrogens is 2. The van der Waals surface area contributed by atoms with Gasteiger partial charge in [0.2, 0.25) is 0 Å². The molecule has 4 aromatic carbocycles. The Morgan fingerprint density at radius 1 is 0.675 bits per heavy atom. The third kappa shape index (κ3) is 3.30. The molecule has 0 fully saturated rings. The topological polar surface area (TPSA) is 92.4 Å². The standard InChI is InChI=1S/C33H28N6O/c1-16(2)32-36-27-10-9-23-21-7-5-18(11-20(21)15-40-31(23)30(27)39-32)19-6-8-22-24(12-19)25-13-34-35-14-26(25)29-28(22)37-33(38-29)17(3)4/h5-14,16-17H,15H2,1-4H3,(H,36,39)(H,37,38).